The Kier molecular flexibility index (Phi) is 10.7. The van der Waals surface area contributed by atoms with Gasteiger partial charge in [0, 0.05) is 6.54 Å². The lowest BCUT2D eigenvalue weighted by Crippen LogP contribution is -2.49. The average molecular weight is 402 g/mol. The lowest BCUT2D eigenvalue weighted by Gasteiger charge is -2.16. The number of hydrogen-bond donors (Lipinski definition) is 3. The van der Waals surface area contributed by atoms with Gasteiger partial charge in [-0.25, -0.2) is 4.79 Å². The molecule has 10 heteroatoms. The minimum absolute atomic E-state index is 0. The molecule has 24 heavy (non-hydrogen) atoms. The zero-order valence-electron chi connectivity index (χ0n) is 12.8. The van der Waals surface area contributed by atoms with Gasteiger partial charge in [-0.2, -0.15) is 0 Å². The van der Waals surface area contributed by atoms with Crippen LogP contribution >= 0.6 is 35.6 Å². The summed E-state index contributed by atoms with van der Waals surface area (Å²) in [7, 11) is 0. The second-order valence-electron chi connectivity index (χ2n) is 4.49. The smallest absolute Gasteiger partial charge is 0.332 e. The van der Waals surface area contributed by atoms with Crippen molar-refractivity contribution in [3.05, 3.63) is 28.2 Å². The van der Waals surface area contributed by atoms with Gasteiger partial charge in [0.2, 0.25) is 5.91 Å². The molecule has 0 spiro atoms. The van der Waals surface area contributed by atoms with Gasteiger partial charge >= 0.3 is 5.97 Å². The van der Waals surface area contributed by atoms with Gasteiger partial charge < -0.3 is 25.6 Å². The zero-order chi connectivity index (χ0) is 17.4. The van der Waals surface area contributed by atoms with E-state index < -0.39 is 24.0 Å². The molecule has 0 aliphatic rings. The minimum Gasteiger partial charge on any atom is -0.489 e. The fourth-order valence-corrected chi connectivity index (χ4v) is 1.85. The summed E-state index contributed by atoms with van der Waals surface area (Å²) in [6.45, 7) is 1.44. The maximum atomic E-state index is 11.6. The highest BCUT2D eigenvalue weighted by Gasteiger charge is 2.23. The Hall–Kier alpha value is -1.25. The number of carbonyl (C=O) groups is 2. The van der Waals surface area contributed by atoms with E-state index in [1.807, 2.05) is 0 Å². The molecular formula is C14H19Cl3N2O5. The lowest BCUT2D eigenvalue weighted by atomic mass is 10.3. The van der Waals surface area contributed by atoms with Crippen LogP contribution in [-0.2, 0) is 14.3 Å². The number of amides is 1. The monoisotopic (exact) mass is 400 g/mol. The first kappa shape index (κ1) is 22.8. The third kappa shape index (κ3) is 7.11. The summed E-state index contributed by atoms with van der Waals surface area (Å²) in [5, 5.41) is 12.7. The zero-order valence-corrected chi connectivity index (χ0v) is 15.2. The number of halogens is 3. The second-order valence-corrected chi connectivity index (χ2v) is 5.28. The standard InChI is InChI=1S/C14H18Cl2N2O5.ClH/c1-2-22-14(21)12(17)13(20)18-6-8(19)7-23-10-5-3-4-9(15)11(10)16;/h3-5,8,12,19H,2,6-7,17H2,1H3,(H,18,20);1H. The number of aliphatic hydroxyl groups is 1. The molecule has 0 fully saturated rings. The van der Waals surface area contributed by atoms with Crippen molar-refractivity contribution in [1.29, 1.82) is 0 Å². The Morgan fingerprint density at radius 2 is 2.04 bits per heavy atom. The van der Waals surface area contributed by atoms with Gasteiger partial charge in [0.05, 0.1) is 11.6 Å². The van der Waals surface area contributed by atoms with E-state index in [9.17, 15) is 14.7 Å². The first-order valence-electron chi connectivity index (χ1n) is 6.81. The SMILES string of the molecule is CCOC(=O)C(N)C(=O)NCC(O)COc1cccc(Cl)c1Cl.Cl. The number of carbonyl (C=O) groups excluding carboxylic acids is 2. The van der Waals surface area contributed by atoms with Crippen LogP contribution in [0.1, 0.15) is 6.92 Å². The highest BCUT2D eigenvalue weighted by atomic mass is 35.5. The van der Waals surface area contributed by atoms with E-state index in [1.165, 1.54) is 0 Å². The molecule has 0 radical (unpaired) electrons. The van der Waals surface area contributed by atoms with Crippen LogP contribution in [0.4, 0.5) is 0 Å². The van der Waals surface area contributed by atoms with Gasteiger partial charge in [-0.3, -0.25) is 4.79 Å². The fraction of sp³-hybridized carbons (Fsp3) is 0.429. The third-order valence-corrected chi connectivity index (χ3v) is 3.48. The average Bonchev–Trinajstić information content (AvgIpc) is 2.53. The van der Waals surface area contributed by atoms with Crippen LogP contribution in [0.5, 0.6) is 5.75 Å². The maximum Gasteiger partial charge on any atom is 0.332 e. The molecule has 1 amide bonds. The van der Waals surface area contributed by atoms with Gasteiger partial charge in [0.1, 0.15) is 23.5 Å². The third-order valence-electron chi connectivity index (χ3n) is 2.68. The molecule has 0 saturated heterocycles. The second kappa shape index (κ2) is 11.3. The molecule has 0 saturated carbocycles. The summed E-state index contributed by atoms with van der Waals surface area (Å²) >= 11 is 11.8. The predicted octanol–water partition coefficient (Wildman–Crippen LogP) is 1.16. The van der Waals surface area contributed by atoms with Crippen LogP contribution < -0.4 is 15.8 Å². The summed E-state index contributed by atoms with van der Waals surface area (Å²) in [5.41, 5.74) is 5.40. The molecule has 0 aromatic heterocycles. The van der Waals surface area contributed by atoms with Crippen LogP contribution in [0.25, 0.3) is 0 Å². The van der Waals surface area contributed by atoms with Gasteiger partial charge in [0.15, 0.2) is 6.04 Å². The topological polar surface area (TPSA) is 111 Å². The van der Waals surface area contributed by atoms with Crippen LogP contribution in [0.3, 0.4) is 0 Å². The van der Waals surface area contributed by atoms with Crippen molar-refractivity contribution in [2.24, 2.45) is 5.73 Å². The minimum atomic E-state index is -1.44. The van der Waals surface area contributed by atoms with Crippen LogP contribution in [-0.4, -0.2) is 48.9 Å². The molecule has 1 aromatic carbocycles. The van der Waals surface area contributed by atoms with Crippen molar-refractivity contribution in [3.63, 3.8) is 0 Å². The molecular weight excluding hydrogens is 383 g/mol. The van der Waals surface area contributed by atoms with E-state index in [-0.39, 0.29) is 37.2 Å². The Balaban J connectivity index is 0.00000529. The Morgan fingerprint density at radius 3 is 2.67 bits per heavy atom. The largest absolute Gasteiger partial charge is 0.489 e. The number of rotatable bonds is 8. The summed E-state index contributed by atoms with van der Waals surface area (Å²) in [4.78, 5) is 22.9. The van der Waals surface area contributed by atoms with Crippen molar-refractivity contribution in [2.75, 3.05) is 19.8 Å². The summed E-state index contributed by atoms with van der Waals surface area (Å²) in [5.74, 6) is -1.27. The molecule has 0 bridgehead atoms. The molecule has 1 rings (SSSR count). The molecule has 1 aromatic rings. The predicted molar refractivity (Wildman–Crippen MR) is 92.8 cm³/mol. The molecule has 0 aliphatic carbocycles. The Labute approximate surface area is 155 Å². The molecule has 136 valence electrons. The van der Waals surface area contributed by atoms with Crippen molar-refractivity contribution in [3.8, 4) is 5.75 Å². The first-order chi connectivity index (χ1) is 10.9. The van der Waals surface area contributed by atoms with Gasteiger partial charge in [-0.05, 0) is 19.1 Å². The van der Waals surface area contributed by atoms with E-state index in [0.717, 1.165) is 0 Å². The number of nitrogens with two attached hydrogens (primary N) is 1. The molecule has 7 nitrogen and oxygen atoms in total. The number of nitrogens with one attached hydrogen (secondary N) is 1. The van der Waals surface area contributed by atoms with Crippen LogP contribution in [0.15, 0.2) is 18.2 Å². The molecule has 2 atom stereocenters. The summed E-state index contributed by atoms with van der Waals surface area (Å²) < 4.78 is 9.94. The normalized spacial score (nSPS) is 12.5. The molecule has 4 N–H and O–H groups in total. The molecule has 0 heterocycles. The van der Waals surface area contributed by atoms with E-state index in [0.29, 0.717) is 10.8 Å². The van der Waals surface area contributed by atoms with Gasteiger partial charge in [0.25, 0.3) is 0 Å². The van der Waals surface area contributed by atoms with E-state index in [4.69, 9.17) is 33.7 Å². The van der Waals surface area contributed by atoms with Crippen molar-refractivity contribution < 1.29 is 24.2 Å². The number of esters is 1. The lowest BCUT2D eigenvalue weighted by molar-refractivity contribution is -0.148. The number of aliphatic hydroxyl groups excluding tert-OH is 1. The highest BCUT2D eigenvalue weighted by molar-refractivity contribution is 6.42. The number of ether oxygens (including phenoxy) is 2. The van der Waals surface area contributed by atoms with Gasteiger partial charge in [-0.1, -0.05) is 29.3 Å². The summed E-state index contributed by atoms with van der Waals surface area (Å²) in [6.07, 6.45) is -1.02. The van der Waals surface area contributed by atoms with Crippen molar-refractivity contribution >= 4 is 47.5 Å². The van der Waals surface area contributed by atoms with Gasteiger partial charge in [-0.15, -0.1) is 12.4 Å². The highest BCUT2D eigenvalue weighted by Crippen LogP contribution is 2.31. The van der Waals surface area contributed by atoms with E-state index in [2.05, 4.69) is 10.1 Å². The quantitative estimate of drug-likeness (QED) is 0.445. The Bertz CT molecular complexity index is 559. The van der Waals surface area contributed by atoms with E-state index >= 15 is 0 Å². The summed E-state index contributed by atoms with van der Waals surface area (Å²) in [6, 6.07) is 3.40. The van der Waals surface area contributed by atoms with Crippen molar-refractivity contribution in [2.45, 2.75) is 19.1 Å². The first-order valence-corrected chi connectivity index (χ1v) is 7.57. The van der Waals surface area contributed by atoms with Crippen LogP contribution in [0.2, 0.25) is 10.0 Å². The molecule has 0 aliphatic heterocycles. The van der Waals surface area contributed by atoms with Crippen molar-refractivity contribution in [1.82, 2.24) is 5.32 Å². The van der Waals surface area contributed by atoms with E-state index in [1.54, 1.807) is 25.1 Å². The Morgan fingerprint density at radius 1 is 1.38 bits per heavy atom. The fourth-order valence-electron chi connectivity index (χ4n) is 1.51. The van der Waals surface area contributed by atoms with Crippen LogP contribution in [0, 0.1) is 0 Å². The molecule has 2 unspecified atom stereocenters. The number of hydrogen-bond acceptors (Lipinski definition) is 6. The maximum absolute atomic E-state index is 11.6. The number of benzene rings is 1.